The summed E-state index contributed by atoms with van der Waals surface area (Å²) in [7, 11) is 1.40. The van der Waals surface area contributed by atoms with Crippen molar-refractivity contribution >= 4 is 11.9 Å². The zero-order valence-corrected chi connectivity index (χ0v) is 12.8. The Labute approximate surface area is 128 Å². The number of carboxylic acid groups (broad SMARTS) is 1. The molecule has 3 rings (SSSR count). The maximum atomic E-state index is 12.3. The molecule has 0 aromatic heterocycles. The van der Waals surface area contributed by atoms with E-state index in [0.29, 0.717) is 0 Å². The van der Waals surface area contributed by atoms with Crippen LogP contribution in [0.3, 0.4) is 0 Å². The van der Waals surface area contributed by atoms with Gasteiger partial charge in [0.2, 0.25) is 0 Å². The van der Waals surface area contributed by atoms with Crippen LogP contribution in [0, 0.1) is 23.2 Å². The van der Waals surface area contributed by atoms with Crippen LogP contribution in [0.4, 0.5) is 0 Å². The van der Waals surface area contributed by atoms with E-state index >= 15 is 0 Å². The van der Waals surface area contributed by atoms with Crippen molar-refractivity contribution in [2.75, 3.05) is 20.3 Å². The number of rotatable bonds is 3. The summed E-state index contributed by atoms with van der Waals surface area (Å²) >= 11 is 0. The summed E-state index contributed by atoms with van der Waals surface area (Å²) in [6.45, 7) is 3.67. The summed E-state index contributed by atoms with van der Waals surface area (Å²) in [5.74, 6) is -2.54. The highest BCUT2D eigenvalue weighted by Gasteiger charge is 2.71. The minimum atomic E-state index is -1.88. The van der Waals surface area contributed by atoms with Gasteiger partial charge in [-0.3, -0.25) is 0 Å². The minimum absolute atomic E-state index is 0.0318. The summed E-state index contributed by atoms with van der Waals surface area (Å²) in [4.78, 5) is 23.9. The predicted molar refractivity (Wildman–Crippen MR) is 75.8 cm³/mol. The molecule has 0 radical (unpaired) electrons. The van der Waals surface area contributed by atoms with Gasteiger partial charge in [0.05, 0.1) is 13.2 Å². The fourth-order valence-electron chi connectivity index (χ4n) is 4.46. The van der Waals surface area contributed by atoms with Crippen LogP contribution in [0.1, 0.15) is 13.8 Å². The van der Waals surface area contributed by atoms with E-state index in [1.54, 1.807) is 6.08 Å². The van der Waals surface area contributed by atoms with Crippen molar-refractivity contribution in [1.29, 1.82) is 0 Å². The molecule has 0 unspecified atom stereocenters. The third kappa shape index (κ3) is 1.57. The molecule has 0 aromatic carbocycles. The van der Waals surface area contributed by atoms with Crippen LogP contribution in [-0.2, 0) is 19.1 Å². The largest absolute Gasteiger partial charge is 0.478 e. The minimum Gasteiger partial charge on any atom is -0.478 e. The molecule has 3 aliphatic rings. The number of hydrogen-bond donors (Lipinski definition) is 2. The Morgan fingerprint density at radius 1 is 1.55 bits per heavy atom. The van der Waals surface area contributed by atoms with Gasteiger partial charge in [-0.2, -0.15) is 0 Å². The predicted octanol–water partition coefficient (Wildman–Crippen LogP) is 0.760. The van der Waals surface area contributed by atoms with Gasteiger partial charge in [0.1, 0.15) is 0 Å². The molecule has 1 spiro atoms. The molecule has 2 N–H and O–H groups in total. The van der Waals surface area contributed by atoms with E-state index in [1.165, 1.54) is 7.11 Å². The second-order valence-corrected chi connectivity index (χ2v) is 6.51. The number of carbonyl (C=O) groups is 2. The van der Waals surface area contributed by atoms with Crippen molar-refractivity contribution in [1.82, 2.24) is 0 Å². The second-order valence-electron chi connectivity index (χ2n) is 6.51. The maximum absolute atomic E-state index is 12.3. The van der Waals surface area contributed by atoms with E-state index in [1.807, 2.05) is 19.9 Å². The van der Waals surface area contributed by atoms with Crippen molar-refractivity contribution in [3.05, 3.63) is 23.3 Å². The van der Waals surface area contributed by atoms with Gasteiger partial charge in [-0.15, -0.1) is 0 Å². The highest BCUT2D eigenvalue weighted by atomic mass is 16.6. The van der Waals surface area contributed by atoms with Crippen LogP contribution >= 0.6 is 0 Å². The van der Waals surface area contributed by atoms with Crippen molar-refractivity contribution in [2.24, 2.45) is 23.2 Å². The molecule has 0 aromatic rings. The second kappa shape index (κ2) is 4.67. The van der Waals surface area contributed by atoms with Crippen molar-refractivity contribution < 1.29 is 29.3 Å². The Morgan fingerprint density at radius 3 is 2.82 bits per heavy atom. The van der Waals surface area contributed by atoms with E-state index in [2.05, 4.69) is 0 Å². The first-order valence-corrected chi connectivity index (χ1v) is 7.32. The van der Waals surface area contributed by atoms with Crippen LogP contribution < -0.4 is 0 Å². The number of carboxylic acids is 1. The van der Waals surface area contributed by atoms with Gasteiger partial charge in [0, 0.05) is 24.0 Å². The third-order valence-corrected chi connectivity index (χ3v) is 5.62. The Hall–Kier alpha value is -1.66. The number of aliphatic carboxylic acids is 1. The van der Waals surface area contributed by atoms with Gasteiger partial charge < -0.3 is 19.7 Å². The lowest BCUT2D eigenvalue weighted by Gasteiger charge is -2.50. The van der Waals surface area contributed by atoms with Crippen molar-refractivity contribution in [2.45, 2.75) is 19.4 Å². The summed E-state index contributed by atoms with van der Waals surface area (Å²) in [6, 6.07) is 0. The van der Waals surface area contributed by atoms with Crippen LogP contribution in [-0.4, -0.2) is 48.1 Å². The van der Waals surface area contributed by atoms with Crippen LogP contribution in [0.5, 0.6) is 0 Å². The van der Waals surface area contributed by atoms with Gasteiger partial charge in [-0.1, -0.05) is 24.6 Å². The lowest BCUT2D eigenvalue weighted by atomic mass is 9.59. The van der Waals surface area contributed by atoms with Crippen LogP contribution in [0.2, 0.25) is 0 Å². The molecular weight excluding hydrogens is 288 g/mol. The average Bonchev–Trinajstić information content (AvgIpc) is 2.90. The van der Waals surface area contributed by atoms with E-state index in [0.717, 1.165) is 5.57 Å². The van der Waals surface area contributed by atoms with Gasteiger partial charge in [-0.05, 0) is 18.8 Å². The monoisotopic (exact) mass is 308 g/mol. The highest BCUT2D eigenvalue weighted by Crippen LogP contribution is 2.64. The first-order valence-electron chi connectivity index (χ1n) is 7.32. The SMILES string of the molecule is COC[C@]1(O)C(=O)OC[C@@H]2C(C(=O)O)=C[C@H]3[C@@H](C)C(C)=C[C@@]231. The quantitative estimate of drug-likeness (QED) is 0.590. The average molecular weight is 308 g/mol. The van der Waals surface area contributed by atoms with Crippen LogP contribution in [0.15, 0.2) is 23.3 Å². The molecule has 0 amide bonds. The van der Waals surface area contributed by atoms with Gasteiger partial charge in [0.15, 0.2) is 5.60 Å². The van der Waals surface area contributed by atoms with E-state index in [-0.39, 0.29) is 30.6 Å². The number of hydrogen-bond acceptors (Lipinski definition) is 5. The molecule has 0 saturated carbocycles. The van der Waals surface area contributed by atoms with E-state index < -0.39 is 28.9 Å². The summed E-state index contributed by atoms with van der Waals surface area (Å²) in [5.41, 5.74) is -1.63. The molecule has 1 aliphatic heterocycles. The smallest absolute Gasteiger partial charge is 0.341 e. The molecule has 0 bridgehead atoms. The Morgan fingerprint density at radius 2 is 2.23 bits per heavy atom. The Kier molecular flexibility index (Phi) is 3.23. The topological polar surface area (TPSA) is 93.1 Å². The number of cyclic esters (lactones) is 1. The van der Waals surface area contributed by atoms with E-state index in [9.17, 15) is 19.8 Å². The summed E-state index contributed by atoms with van der Waals surface area (Å²) in [6.07, 6.45) is 3.56. The molecule has 22 heavy (non-hydrogen) atoms. The van der Waals surface area contributed by atoms with Gasteiger partial charge in [-0.25, -0.2) is 9.59 Å². The lowest BCUT2D eigenvalue weighted by Crippen LogP contribution is -2.65. The molecule has 120 valence electrons. The summed E-state index contributed by atoms with van der Waals surface area (Å²) < 4.78 is 10.2. The number of aliphatic hydroxyl groups is 1. The van der Waals surface area contributed by atoms with Crippen molar-refractivity contribution in [3.8, 4) is 0 Å². The maximum Gasteiger partial charge on any atom is 0.341 e. The number of esters is 1. The molecule has 1 heterocycles. The fourth-order valence-corrected chi connectivity index (χ4v) is 4.46. The Bertz CT molecular complexity index is 606. The zero-order valence-electron chi connectivity index (χ0n) is 12.8. The highest BCUT2D eigenvalue weighted by molar-refractivity contribution is 5.91. The first-order chi connectivity index (χ1) is 10.3. The fraction of sp³-hybridized carbons (Fsp3) is 0.625. The number of carbonyl (C=O) groups excluding carboxylic acids is 1. The zero-order chi connectivity index (χ0) is 16.3. The molecule has 6 nitrogen and oxygen atoms in total. The number of methoxy groups -OCH3 is 1. The Balaban J connectivity index is 2.21. The van der Waals surface area contributed by atoms with Crippen molar-refractivity contribution in [3.63, 3.8) is 0 Å². The molecule has 6 heteroatoms. The third-order valence-electron chi connectivity index (χ3n) is 5.62. The normalized spacial score (nSPS) is 43.1. The number of ether oxygens (including phenoxy) is 2. The lowest BCUT2D eigenvalue weighted by molar-refractivity contribution is -0.214. The van der Waals surface area contributed by atoms with Gasteiger partial charge in [0.25, 0.3) is 0 Å². The molecule has 5 atom stereocenters. The molecule has 1 saturated heterocycles. The number of allylic oxidation sites excluding steroid dienone is 2. The van der Waals surface area contributed by atoms with E-state index in [4.69, 9.17) is 9.47 Å². The van der Waals surface area contributed by atoms with Gasteiger partial charge >= 0.3 is 11.9 Å². The standard InChI is InChI=1S/C16H20O6/c1-8-5-15-11(9(8)2)4-10(13(17)18)12(15)6-22-14(19)16(15,20)7-21-3/h4-5,9,11-12,20H,6-7H2,1-3H3,(H,17,18)/t9-,11-,12+,15-,16-/m0/s1. The molecular formula is C16H20O6. The summed E-state index contributed by atoms with van der Waals surface area (Å²) in [5, 5.41) is 20.6. The molecule has 2 aliphatic carbocycles. The molecule has 1 fully saturated rings. The van der Waals surface area contributed by atoms with Crippen LogP contribution in [0.25, 0.3) is 0 Å². The first kappa shape index (κ1) is 15.2.